The van der Waals surface area contributed by atoms with Crippen LogP contribution in [0.4, 0.5) is 11.5 Å². The Morgan fingerprint density at radius 1 is 1.25 bits per heavy atom. The lowest BCUT2D eigenvalue weighted by Crippen LogP contribution is -2.37. The number of hydrogen-bond donors (Lipinski definition) is 1. The van der Waals surface area contributed by atoms with Gasteiger partial charge in [0.15, 0.2) is 0 Å². The predicted molar refractivity (Wildman–Crippen MR) is 80.5 cm³/mol. The highest BCUT2D eigenvalue weighted by atomic mass is 35.5. The van der Waals surface area contributed by atoms with E-state index < -0.39 is 0 Å². The summed E-state index contributed by atoms with van der Waals surface area (Å²) in [5.41, 5.74) is 1.21. The molecule has 0 radical (unpaired) electrons. The summed E-state index contributed by atoms with van der Waals surface area (Å²) in [7, 11) is 0. The van der Waals surface area contributed by atoms with Gasteiger partial charge in [0.05, 0.1) is 5.56 Å². The Morgan fingerprint density at radius 2 is 2.10 bits per heavy atom. The molecule has 0 unspecified atom stereocenters. The number of carbonyl (C=O) groups excluding carboxylic acids is 1. The molecular weight excluding hydrogens is 274 g/mol. The summed E-state index contributed by atoms with van der Waals surface area (Å²) in [5, 5.41) is 3.39. The number of pyridine rings is 1. The number of hydrogen-bond acceptors (Lipinski definition) is 3. The number of nitrogens with one attached hydrogen (secondary N) is 1. The Morgan fingerprint density at radius 3 is 2.70 bits per heavy atom. The highest BCUT2D eigenvalue weighted by Crippen LogP contribution is 2.19. The molecule has 1 aromatic carbocycles. The molecule has 0 atom stereocenters. The highest BCUT2D eigenvalue weighted by molar-refractivity contribution is 6.30. The summed E-state index contributed by atoms with van der Waals surface area (Å²) in [6.45, 7) is 2.09. The van der Waals surface area contributed by atoms with Crippen LogP contribution < -0.4 is 10.2 Å². The zero-order chi connectivity index (χ0) is 13.9. The summed E-state index contributed by atoms with van der Waals surface area (Å²) in [6.07, 6.45) is 2.81. The fourth-order valence-electron chi connectivity index (χ4n) is 2.02. The minimum atomic E-state index is -0.185. The van der Waals surface area contributed by atoms with E-state index in [0.29, 0.717) is 16.3 Å². The highest BCUT2D eigenvalue weighted by Gasteiger charge is 2.16. The number of aromatic nitrogens is 1. The molecule has 1 saturated heterocycles. The Kier molecular flexibility index (Phi) is 3.56. The molecule has 2 heterocycles. The van der Waals surface area contributed by atoms with Gasteiger partial charge < -0.3 is 10.2 Å². The molecule has 102 valence electrons. The van der Waals surface area contributed by atoms with Crippen LogP contribution in [0.15, 0.2) is 42.6 Å². The Bertz CT molecular complexity index is 623. The first-order chi connectivity index (χ1) is 9.72. The van der Waals surface area contributed by atoms with Crippen molar-refractivity contribution in [3.8, 4) is 0 Å². The Balaban J connectivity index is 1.70. The fraction of sp³-hybridized carbons (Fsp3) is 0.200. The zero-order valence-electron chi connectivity index (χ0n) is 10.8. The van der Waals surface area contributed by atoms with E-state index in [2.05, 4.69) is 15.2 Å². The van der Waals surface area contributed by atoms with E-state index in [9.17, 15) is 4.79 Å². The van der Waals surface area contributed by atoms with Gasteiger partial charge in [-0.25, -0.2) is 4.98 Å². The maximum absolute atomic E-state index is 12.1. The van der Waals surface area contributed by atoms with Crippen LogP contribution in [0.25, 0.3) is 0 Å². The van der Waals surface area contributed by atoms with Crippen molar-refractivity contribution in [1.82, 2.24) is 4.98 Å². The van der Waals surface area contributed by atoms with Crippen LogP contribution in [0.5, 0.6) is 0 Å². The average Bonchev–Trinajstić information content (AvgIpc) is 2.37. The number of rotatable bonds is 3. The van der Waals surface area contributed by atoms with Gasteiger partial charge in [0.1, 0.15) is 5.82 Å². The zero-order valence-corrected chi connectivity index (χ0v) is 11.6. The second kappa shape index (κ2) is 5.51. The van der Waals surface area contributed by atoms with Gasteiger partial charge in [0, 0.05) is 30.0 Å². The summed E-state index contributed by atoms with van der Waals surface area (Å²) < 4.78 is 0. The van der Waals surface area contributed by atoms with Gasteiger partial charge in [-0.2, -0.15) is 0 Å². The summed E-state index contributed by atoms with van der Waals surface area (Å²) in [6, 6.07) is 10.7. The fourth-order valence-corrected chi connectivity index (χ4v) is 2.21. The first kappa shape index (κ1) is 12.9. The molecule has 1 aliphatic heterocycles. The molecule has 4 nitrogen and oxygen atoms in total. The van der Waals surface area contributed by atoms with Crippen LogP contribution in [-0.2, 0) is 0 Å². The lowest BCUT2D eigenvalue weighted by Gasteiger charge is -2.31. The summed E-state index contributed by atoms with van der Waals surface area (Å²) in [4.78, 5) is 18.6. The molecule has 1 aromatic heterocycles. The lowest BCUT2D eigenvalue weighted by molar-refractivity contribution is 0.102. The molecule has 1 amide bonds. The maximum atomic E-state index is 12.1. The van der Waals surface area contributed by atoms with Crippen LogP contribution in [0.2, 0.25) is 5.02 Å². The van der Waals surface area contributed by atoms with Gasteiger partial charge >= 0.3 is 0 Å². The molecule has 0 aliphatic carbocycles. The van der Waals surface area contributed by atoms with Crippen LogP contribution >= 0.6 is 11.6 Å². The van der Waals surface area contributed by atoms with Crippen molar-refractivity contribution in [3.63, 3.8) is 0 Å². The average molecular weight is 288 g/mol. The number of amides is 1. The van der Waals surface area contributed by atoms with E-state index in [0.717, 1.165) is 18.9 Å². The van der Waals surface area contributed by atoms with Crippen molar-refractivity contribution >= 4 is 29.0 Å². The molecule has 1 N–H and O–H groups in total. The van der Waals surface area contributed by atoms with Crippen molar-refractivity contribution in [2.24, 2.45) is 0 Å². The number of nitrogens with zero attached hydrogens (tertiary/aromatic N) is 2. The maximum Gasteiger partial charge on any atom is 0.257 e. The van der Waals surface area contributed by atoms with Crippen LogP contribution in [-0.4, -0.2) is 24.0 Å². The molecule has 1 aliphatic rings. The van der Waals surface area contributed by atoms with Crippen molar-refractivity contribution in [1.29, 1.82) is 0 Å². The second-order valence-corrected chi connectivity index (χ2v) is 5.15. The van der Waals surface area contributed by atoms with Gasteiger partial charge in [0.25, 0.3) is 5.91 Å². The molecule has 0 spiro atoms. The van der Waals surface area contributed by atoms with Gasteiger partial charge in [0.2, 0.25) is 0 Å². The molecular formula is C15H14ClN3O. The van der Waals surface area contributed by atoms with E-state index >= 15 is 0 Å². The minimum absolute atomic E-state index is 0.185. The van der Waals surface area contributed by atoms with Crippen molar-refractivity contribution in [2.75, 3.05) is 23.3 Å². The first-order valence-electron chi connectivity index (χ1n) is 6.50. The van der Waals surface area contributed by atoms with E-state index in [-0.39, 0.29) is 5.91 Å². The van der Waals surface area contributed by atoms with Crippen molar-refractivity contribution in [3.05, 3.63) is 53.2 Å². The van der Waals surface area contributed by atoms with Crippen LogP contribution in [0.3, 0.4) is 0 Å². The predicted octanol–water partition coefficient (Wildman–Crippen LogP) is 3.20. The molecule has 20 heavy (non-hydrogen) atoms. The molecule has 3 rings (SSSR count). The monoisotopic (exact) mass is 287 g/mol. The van der Waals surface area contributed by atoms with Crippen LogP contribution in [0, 0.1) is 0 Å². The normalized spacial score (nSPS) is 13.8. The third-order valence-corrected chi connectivity index (χ3v) is 3.51. The molecule has 0 saturated carbocycles. The van der Waals surface area contributed by atoms with Crippen LogP contribution in [0.1, 0.15) is 16.8 Å². The Hall–Kier alpha value is -2.07. The topological polar surface area (TPSA) is 45.2 Å². The SMILES string of the molecule is O=C(Nc1cccc(Cl)c1)c1ccc(N2CCC2)nc1. The standard InChI is InChI=1S/C15H14ClN3O/c16-12-3-1-4-13(9-12)18-15(20)11-5-6-14(17-10-11)19-7-2-8-19/h1,3-6,9-10H,2,7-8H2,(H,18,20). The van der Waals surface area contributed by atoms with E-state index in [1.54, 1.807) is 36.5 Å². The summed E-state index contributed by atoms with van der Waals surface area (Å²) in [5.74, 6) is 0.741. The number of carbonyl (C=O) groups is 1. The third-order valence-electron chi connectivity index (χ3n) is 3.27. The number of benzene rings is 1. The minimum Gasteiger partial charge on any atom is -0.356 e. The second-order valence-electron chi connectivity index (χ2n) is 4.71. The molecule has 0 bridgehead atoms. The van der Waals surface area contributed by atoms with Gasteiger partial charge in [-0.15, -0.1) is 0 Å². The molecule has 5 heteroatoms. The van der Waals surface area contributed by atoms with E-state index in [1.165, 1.54) is 6.42 Å². The van der Waals surface area contributed by atoms with Gasteiger partial charge in [-0.1, -0.05) is 17.7 Å². The number of halogens is 1. The first-order valence-corrected chi connectivity index (χ1v) is 6.88. The third kappa shape index (κ3) is 2.75. The van der Waals surface area contributed by atoms with Crippen molar-refractivity contribution in [2.45, 2.75) is 6.42 Å². The van der Waals surface area contributed by atoms with E-state index in [4.69, 9.17) is 11.6 Å². The quantitative estimate of drug-likeness (QED) is 0.943. The van der Waals surface area contributed by atoms with Gasteiger partial charge in [-0.05, 0) is 36.8 Å². The smallest absolute Gasteiger partial charge is 0.257 e. The van der Waals surface area contributed by atoms with Gasteiger partial charge in [-0.3, -0.25) is 4.79 Å². The Labute approximate surface area is 122 Å². The molecule has 1 fully saturated rings. The van der Waals surface area contributed by atoms with E-state index in [1.807, 2.05) is 6.07 Å². The summed E-state index contributed by atoms with van der Waals surface area (Å²) >= 11 is 5.88. The van der Waals surface area contributed by atoms with Crippen molar-refractivity contribution < 1.29 is 4.79 Å². The largest absolute Gasteiger partial charge is 0.356 e. The lowest BCUT2D eigenvalue weighted by atomic mass is 10.2. The number of anilines is 2. The molecule has 2 aromatic rings.